The lowest BCUT2D eigenvalue weighted by atomic mass is 9.97. The first-order chi connectivity index (χ1) is 20.4. The van der Waals surface area contributed by atoms with Crippen molar-refractivity contribution >= 4 is 40.0 Å². The number of carbonyl (C=O) groups is 2. The van der Waals surface area contributed by atoms with Crippen LogP contribution in [-0.4, -0.2) is 78.4 Å². The zero-order chi connectivity index (χ0) is 29.5. The maximum atomic E-state index is 13.5. The summed E-state index contributed by atoms with van der Waals surface area (Å²) in [5.74, 6) is 0.534. The van der Waals surface area contributed by atoms with Crippen LogP contribution in [-0.2, 0) is 14.3 Å². The molecule has 9 nitrogen and oxygen atoms in total. The summed E-state index contributed by atoms with van der Waals surface area (Å²) in [6, 6.07) is 15.4. The van der Waals surface area contributed by atoms with Crippen molar-refractivity contribution in [3.63, 3.8) is 0 Å². The van der Waals surface area contributed by atoms with E-state index in [0.29, 0.717) is 31.1 Å². The summed E-state index contributed by atoms with van der Waals surface area (Å²) in [5.41, 5.74) is 4.40. The monoisotopic (exact) mass is 591 g/mol. The fourth-order valence-electron chi connectivity index (χ4n) is 5.31. The van der Waals surface area contributed by atoms with Crippen molar-refractivity contribution in [2.75, 3.05) is 46.0 Å². The summed E-state index contributed by atoms with van der Waals surface area (Å²) >= 11 is 6.74. The summed E-state index contributed by atoms with van der Waals surface area (Å²) in [5, 5.41) is 10.5. The Balaban J connectivity index is 1.27. The van der Waals surface area contributed by atoms with Crippen LogP contribution in [0.15, 0.2) is 53.6 Å². The van der Waals surface area contributed by atoms with E-state index in [1.54, 1.807) is 0 Å². The number of aryl methyl sites for hydroxylation is 1. The largest absolute Gasteiger partial charge is 0.494 e. The minimum atomic E-state index is -0.396. The van der Waals surface area contributed by atoms with Crippen molar-refractivity contribution in [2.24, 2.45) is 5.10 Å². The van der Waals surface area contributed by atoms with E-state index >= 15 is 0 Å². The number of amides is 2. The first kappa shape index (κ1) is 29.9. The van der Waals surface area contributed by atoms with E-state index in [4.69, 9.17) is 26.2 Å². The molecule has 3 aromatic rings. The Morgan fingerprint density at radius 1 is 1.10 bits per heavy atom. The zero-order valence-corrected chi connectivity index (χ0v) is 25.0. The van der Waals surface area contributed by atoms with E-state index in [1.807, 2.05) is 62.4 Å². The lowest BCUT2D eigenvalue weighted by Gasteiger charge is -2.26. The molecule has 3 heterocycles. The van der Waals surface area contributed by atoms with E-state index in [0.717, 1.165) is 71.9 Å². The summed E-state index contributed by atoms with van der Waals surface area (Å²) in [6.45, 7) is 9.16. The SMILES string of the molecule is CCOc1ccc2cc(C3CC(c4ccc(C)cc4)=NN3C(=O)CCCC(=O)NCCN3CCOCC3)c(Cl)nc2c1. The van der Waals surface area contributed by atoms with E-state index in [9.17, 15) is 9.59 Å². The van der Waals surface area contributed by atoms with E-state index in [-0.39, 0.29) is 24.7 Å². The number of hydrazone groups is 1. The Bertz CT molecular complexity index is 1440. The van der Waals surface area contributed by atoms with Gasteiger partial charge in [-0.15, -0.1) is 0 Å². The molecular weight excluding hydrogens is 554 g/mol. The second kappa shape index (κ2) is 14.1. The first-order valence-electron chi connectivity index (χ1n) is 14.7. The van der Waals surface area contributed by atoms with Gasteiger partial charge in [0.05, 0.1) is 37.1 Å². The Labute approximate surface area is 251 Å². The molecule has 1 atom stereocenters. The number of pyridine rings is 1. The lowest BCUT2D eigenvalue weighted by Crippen LogP contribution is -2.41. The van der Waals surface area contributed by atoms with Crippen LogP contribution in [0.3, 0.4) is 0 Å². The van der Waals surface area contributed by atoms with Gasteiger partial charge in [0.2, 0.25) is 11.8 Å². The summed E-state index contributed by atoms with van der Waals surface area (Å²) < 4.78 is 11.0. The number of rotatable bonds is 11. The Morgan fingerprint density at radius 3 is 2.64 bits per heavy atom. The number of benzene rings is 2. The third-order valence-corrected chi connectivity index (χ3v) is 7.94. The summed E-state index contributed by atoms with van der Waals surface area (Å²) in [7, 11) is 0. The molecule has 0 bridgehead atoms. The summed E-state index contributed by atoms with van der Waals surface area (Å²) in [4.78, 5) is 32.9. The number of hydrogen-bond acceptors (Lipinski definition) is 7. The molecule has 0 aliphatic carbocycles. The number of morpholine rings is 1. The quantitative estimate of drug-likeness (QED) is 0.319. The lowest BCUT2D eigenvalue weighted by molar-refractivity contribution is -0.133. The van der Waals surface area contributed by atoms with Crippen LogP contribution in [0.4, 0.5) is 0 Å². The average molecular weight is 592 g/mol. The average Bonchev–Trinajstić information content (AvgIpc) is 3.43. The minimum Gasteiger partial charge on any atom is -0.494 e. The van der Waals surface area contributed by atoms with Crippen LogP contribution in [0, 0.1) is 6.92 Å². The van der Waals surface area contributed by atoms with Gasteiger partial charge in [-0.25, -0.2) is 9.99 Å². The molecule has 1 fully saturated rings. The highest BCUT2D eigenvalue weighted by molar-refractivity contribution is 6.30. The molecule has 0 spiro atoms. The van der Waals surface area contributed by atoms with Crippen LogP contribution in [0.2, 0.25) is 5.15 Å². The van der Waals surface area contributed by atoms with Gasteiger partial charge < -0.3 is 14.8 Å². The number of ether oxygens (including phenoxy) is 2. The number of aromatic nitrogens is 1. The Kier molecular flexibility index (Phi) is 10.0. The van der Waals surface area contributed by atoms with Gasteiger partial charge in [-0.05, 0) is 44.0 Å². The van der Waals surface area contributed by atoms with Crippen LogP contribution in [0.25, 0.3) is 10.9 Å². The molecule has 1 unspecified atom stereocenters. The highest BCUT2D eigenvalue weighted by atomic mass is 35.5. The Hall–Kier alpha value is -3.53. The molecule has 2 aromatic carbocycles. The second-order valence-electron chi connectivity index (χ2n) is 10.7. The number of fused-ring (bicyclic) bond motifs is 1. The van der Waals surface area contributed by atoms with Gasteiger partial charge in [0.1, 0.15) is 10.9 Å². The van der Waals surface area contributed by atoms with Crippen molar-refractivity contribution in [2.45, 2.75) is 45.6 Å². The molecule has 2 amide bonds. The van der Waals surface area contributed by atoms with Crippen LogP contribution in [0.5, 0.6) is 5.75 Å². The normalized spacial score (nSPS) is 17.4. The topological polar surface area (TPSA) is 96.4 Å². The van der Waals surface area contributed by atoms with Crippen LogP contribution in [0.1, 0.15) is 55.3 Å². The fraction of sp³-hybridized carbons (Fsp3) is 0.438. The third kappa shape index (κ3) is 7.45. The smallest absolute Gasteiger partial charge is 0.243 e. The second-order valence-corrected chi connectivity index (χ2v) is 11.0. The molecule has 0 radical (unpaired) electrons. The molecule has 2 aliphatic heterocycles. The van der Waals surface area contributed by atoms with Gasteiger partial charge in [0.15, 0.2) is 0 Å². The van der Waals surface area contributed by atoms with Crippen molar-refractivity contribution in [1.29, 1.82) is 0 Å². The fourth-order valence-corrected chi connectivity index (χ4v) is 5.59. The maximum Gasteiger partial charge on any atom is 0.243 e. The highest BCUT2D eigenvalue weighted by Crippen LogP contribution is 2.38. The zero-order valence-electron chi connectivity index (χ0n) is 24.3. The number of nitrogens with zero attached hydrogens (tertiary/aromatic N) is 4. The van der Waals surface area contributed by atoms with Crippen molar-refractivity contribution in [3.8, 4) is 5.75 Å². The number of hydrogen-bond donors (Lipinski definition) is 1. The van der Waals surface area contributed by atoms with Gasteiger partial charge in [0.25, 0.3) is 0 Å². The molecule has 10 heteroatoms. The third-order valence-electron chi connectivity index (χ3n) is 7.64. The van der Waals surface area contributed by atoms with E-state index in [1.165, 1.54) is 5.01 Å². The van der Waals surface area contributed by atoms with Crippen molar-refractivity contribution < 1.29 is 19.1 Å². The number of halogens is 1. The molecule has 1 aromatic heterocycles. The van der Waals surface area contributed by atoms with Gasteiger partial charge in [-0.2, -0.15) is 5.10 Å². The predicted molar refractivity (Wildman–Crippen MR) is 164 cm³/mol. The molecule has 222 valence electrons. The van der Waals surface area contributed by atoms with E-state index in [2.05, 4.69) is 15.2 Å². The predicted octanol–water partition coefficient (Wildman–Crippen LogP) is 4.89. The van der Waals surface area contributed by atoms with Gasteiger partial charge in [-0.1, -0.05) is 41.4 Å². The number of carbonyl (C=O) groups excluding carboxylic acids is 2. The van der Waals surface area contributed by atoms with Gasteiger partial charge in [-0.3, -0.25) is 14.5 Å². The molecule has 2 aliphatic rings. The molecule has 1 saturated heterocycles. The van der Waals surface area contributed by atoms with Gasteiger partial charge in [0, 0.05) is 62.5 Å². The first-order valence-corrected chi connectivity index (χ1v) is 15.1. The molecule has 1 N–H and O–H groups in total. The number of nitrogens with one attached hydrogen (secondary N) is 1. The molecule has 5 rings (SSSR count). The van der Waals surface area contributed by atoms with Gasteiger partial charge >= 0.3 is 0 Å². The van der Waals surface area contributed by atoms with Crippen LogP contribution < -0.4 is 10.1 Å². The van der Waals surface area contributed by atoms with Crippen LogP contribution >= 0.6 is 11.6 Å². The standard InChI is InChI=1S/C32H38ClN5O4/c1-3-42-25-12-11-24-19-26(32(33)35-27(24)20-25)29-21-28(23-9-7-22(2)8-10-23)36-38(29)31(40)6-4-5-30(39)34-13-14-37-15-17-41-18-16-37/h7-12,19-20,29H,3-6,13-18,21H2,1-2H3,(H,34,39). The van der Waals surface area contributed by atoms with Crippen molar-refractivity contribution in [1.82, 2.24) is 20.2 Å². The van der Waals surface area contributed by atoms with E-state index < -0.39 is 6.04 Å². The summed E-state index contributed by atoms with van der Waals surface area (Å²) in [6.07, 6.45) is 1.43. The highest BCUT2D eigenvalue weighted by Gasteiger charge is 2.34. The minimum absolute atomic E-state index is 0.0499. The Morgan fingerprint density at radius 2 is 1.88 bits per heavy atom. The molecule has 42 heavy (non-hydrogen) atoms. The molecule has 0 saturated carbocycles. The van der Waals surface area contributed by atoms with Crippen molar-refractivity contribution in [3.05, 3.63) is 70.4 Å². The molecular formula is C32H38ClN5O4. The maximum absolute atomic E-state index is 13.5.